The van der Waals surface area contributed by atoms with Crippen LogP contribution in [-0.2, 0) is 9.59 Å². The van der Waals surface area contributed by atoms with Gasteiger partial charge in [-0.15, -0.1) is 0 Å². The fraction of sp³-hybridized carbons (Fsp3) is 0.0645. The number of hydrogen-bond acceptors (Lipinski definition) is 5. The van der Waals surface area contributed by atoms with E-state index in [1.165, 1.54) is 11.0 Å². The highest BCUT2D eigenvalue weighted by Gasteiger charge is 2.40. The Balaban J connectivity index is 1.46. The minimum Gasteiger partial charge on any atom is -0.350 e. The number of thioether (sulfide) groups is 1. The molecular weight excluding hydrogens is 565 g/mol. The summed E-state index contributed by atoms with van der Waals surface area (Å²) in [6.07, 6.45) is 0. The zero-order valence-electron chi connectivity index (χ0n) is 21.5. The molecule has 0 saturated heterocycles. The first kappa shape index (κ1) is 27.5. The van der Waals surface area contributed by atoms with Crippen LogP contribution in [0, 0.1) is 13.8 Å². The predicted octanol–water partition coefficient (Wildman–Crippen LogP) is 7.85. The molecule has 1 aliphatic heterocycles. The van der Waals surface area contributed by atoms with Gasteiger partial charge in [0.05, 0.1) is 16.3 Å². The predicted molar refractivity (Wildman–Crippen MR) is 162 cm³/mol. The summed E-state index contributed by atoms with van der Waals surface area (Å²) in [6, 6.07) is 26.4. The molecule has 5 rings (SSSR count). The number of carbonyl (C=O) groups is 3. The van der Waals surface area contributed by atoms with Crippen molar-refractivity contribution in [3.63, 3.8) is 0 Å². The van der Waals surface area contributed by atoms with Gasteiger partial charge >= 0.3 is 0 Å². The summed E-state index contributed by atoms with van der Waals surface area (Å²) in [4.78, 5) is 42.3. The molecule has 3 amide bonds. The zero-order valence-corrected chi connectivity index (χ0v) is 23.8. The number of amides is 3. The van der Waals surface area contributed by atoms with Gasteiger partial charge in [-0.2, -0.15) is 0 Å². The normalized spacial score (nSPS) is 13.2. The average Bonchev–Trinajstić information content (AvgIpc) is 3.15. The summed E-state index contributed by atoms with van der Waals surface area (Å²) < 4.78 is 0. The first-order valence-corrected chi connectivity index (χ1v) is 13.8. The number of benzene rings is 4. The Hall–Kier alpha value is -4.04. The topological polar surface area (TPSA) is 78.5 Å². The summed E-state index contributed by atoms with van der Waals surface area (Å²) in [5.74, 6) is -1.27. The van der Waals surface area contributed by atoms with E-state index in [1.807, 2.05) is 56.3 Å². The quantitative estimate of drug-likeness (QED) is 0.215. The van der Waals surface area contributed by atoms with E-state index >= 15 is 0 Å². The van der Waals surface area contributed by atoms with E-state index in [0.29, 0.717) is 27.0 Å². The number of carbonyl (C=O) groups excluding carboxylic acids is 3. The Kier molecular flexibility index (Phi) is 7.98. The molecular formula is C31H23Cl2N3O3S. The van der Waals surface area contributed by atoms with Crippen LogP contribution in [0.15, 0.2) is 106 Å². The maximum atomic E-state index is 13.7. The van der Waals surface area contributed by atoms with Gasteiger partial charge in [-0.1, -0.05) is 65.3 Å². The third-order valence-electron chi connectivity index (χ3n) is 6.32. The second kappa shape index (κ2) is 11.6. The van der Waals surface area contributed by atoms with Gasteiger partial charge in [-0.25, -0.2) is 4.90 Å². The molecule has 0 aliphatic carbocycles. The molecule has 2 N–H and O–H groups in total. The largest absolute Gasteiger partial charge is 0.350 e. The molecule has 4 aromatic carbocycles. The summed E-state index contributed by atoms with van der Waals surface area (Å²) in [7, 11) is 0. The summed E-state index contributed by atoms with van der Waals surface area (Å²) in [5.41, 5.74) is 4.18. The Morgan fingerprint density at radius 2 is 1.52 bits per heavy atom. The smallest absolute Gasteiger partial charge is 0.283 e. The maximum absolute atomic E-state index is 13.7. The Morgan fingerprint density at radius 1 is 0.775 bits per heavy atom. The molecule has 0 spiro atoms. The molecule has 0 bridgehead atoms. The molecule has 40 heavy (non-hydrogen) atoms. The van der Waals surface area contributed by atoms with Crippen LogP contribution >= 0.6 is 35.0 Å². The van der Waals surface area contributed by atoms with Gasteiger partial charge < -0.3 is 10.6 Å². The van der Waals surface area contributed by atoms with Gasteiger partial charge in [0.25, 0.3) is 17.7 Å². The highest BCUT2D eigenvalue weighted by atomic mass is 35.5. The van der Waals surface area contributed by atoms with Crippen LogP contribution in [0.25, 0.3) is 0 Å². The number of hydrogen-bond donors (Lipinski definition) is 2. The number of nitrogens with one attached hydrogen (secondary N) is 2. The highest BCUT2D eigenvalue weighted by molar-refractivity contribution is 8.04. The lowest BCUT2D eigenvalue weighted by atomic mass is 10.1. The van der Waals surface area contributed by atoms with Gasteiger partial charge in [-0.05, 0) is 85.6 Å². The van der Waals surface area contributed by atoms with Crippen LogP contribution in [0.2, 0.25) is 10.0 Å². The van der Waals surface area contributed by atoms with Gasteiger partial charge in [-0.3, -0.25) is 14.4 Å². The van der Waals surface area contributed by atoms with E-state index in [0.717, 1.165) is 22.9 Å². The van der Waals surface area contributed by atoms with Crippen molar-refractivity contribution in [2.24, 2.45) is 0 Å². The van der Waals surface area contributed by atoms with E-state index in [1.54, 1.807) is 42.5 Å². The SMILES string of the molecule is Cc1ccc(N2C(=O)C(Nc3ccccc3)=C(Sc3cccc(NC(=O)c4ccc(Cl)cc4Cl)c3)C2=O)cc1C. The number of rotatable bonds is 7. The number of aryl methyl sites for hydroxylation is 2. The summed E-state index contributed by atoms with van der Waals surface area (Å²) >= 11 is 13.3. The molecule has 0 saturated carbocycles. The van der Waals surface area contributed by atoms with Crippen molar-refractivity contribution in [3.8, 4) is 0 Å². The van der Waals surface area contributed by atoms with Gasteiger partial charge in [0.15, 0.2) is 0 Å². The molecule has 4 aromatic rings. The Labute approximate surface area is 246 Å². The number of para-hydroxylation sites is 1. The van der Waals surface area contributed by atoms with Gasteiger partial charge in [0.1, 0.15) is 10.6 Å². The van der Waals surface area contributed by atoms with Crippen molar-refractivity contribution in [2.45, 2.75) is 18.7 Å². The summed E-state index contributed by atoms with van der Waals surface area (Å²) in [6.45, 7) is 3.91. The second-order valence-electron chi connectivity index (χ2n) is 9.12. The van der Waals surface area contributed by atoms with E-state index < -0.39 is 17.7 Å². The molecule has 1 aliphatic rings. The van der Waals surface area contributed by atoms with Crippen molar-refractivity contribution in [1.29, 1.82) is 0 Å². The van der Waals surface area contributed by atoms with E-state index in [9.17, 15) is 14.4 Å². The minimum atomic E-state index is -0.443. The second-order valence-corrected chi connectivity index (χ2v) is 11.0. The third kappa shape index (κ3) is 5.77. The highest BCUT2D eigenvalue weighted by Crippen LogP contribution is 2.39. The van der Waals surface area contributed by atoms with Crippen LogP contribution < -0.4 is 15.5 Å². The molecule has 0 unspecified atom stereocenters. The lowest BCUT2D eigenvalue weighted by Gasteiger charge is -2.16. The van der Waals surface area contributed by atoms with Crippen molar-refractivity contribution in [2.75, 3.05) is 15.5 Å². The van der Waals surface area contributed by atoms with Crippen molar-refractivity contribution >= 4 is 69.7 Å². The van der Waals surface area contributed by atoms with Crippen molar-refractivity contribution in [3.05, 3.63) is 128 Å². The van der Waals surface area contributed by atoms with Gasteiger partial charge in [0.2, 0.25) is 0 Å². The number of anilines is 3. The van der Waals surface area contributed by atoms with Crippen molar-refractivity contribution in [1.82, 2.24) is 0 Å². The third-order valence-corrected chi connectivity index (χ3v) is 7.94. The molecule has 0 fully saturated rings. The molecule has 0 radical (unpaired) electrons. The van der Waals surface area contributed by atoms with Crippen LogP contribution in [0.3, 0.4) is 0 Å². The molecule has 6 nitrogen and oxygen atoms in total. The van der Waals surface area contributed by atoms with Crippen molar-refractivity contribution < 1.29 is 14.4 Å². The Bertz CT molecular complexity index is 1690. The van der Waals surface area contributed by atoms with E-state index in [2.05, 4.69) is 10.6 Å². The first-order chi connectivity index (χ1) is 19.2. The first-order valence-electron chi connectivity index (χ1n) is 12.3. The number of imide groups is 1. The zero-order chi connectivity index (χ0) is 28.4. The minimum absolute atomic E-state index is 0.182. The number of halogens is 2. The lowest BCUT2D eigenvalue weighted by molar-refractivity contribution is -0.120. The fourth-order valence-corrected chi connectivity index (χ4v) is 5.59. The fourth-order valence-electron chi connectivity index (χ4n) is 4.11. The molecule has 200 valence electrons. The standard InChI is InChI=1S/C31H23Cl2N3O3S/c1-18-11-13-23(15-19(18)2)36-30(38)27(34-21-7-4-3-5-8-21)28(31(36)39)40-24-10-6-9-22(17-24)35-29(37)25-14-12-20(32)16-26(25)33/h3-17,34H,1-2H3,(H,35,37). The number of nitrogens with zero attached hydrogens (tertiary/aromatic N) is 1. The lowest BCUT2D eigenvalue weighted by Crippen LogP contribution is -2.32. The van der Waals surface area contributed by atoms with E-state index in [-0.39, 0.29) is 21.2 Å². The van der Waals surface area contributed by atoms with Crippen LogP contribution in [0.1, 0.15) is 21.5 Å². The van der Waals surface area contributed by atoms with Gasteiger partial charge in [0, 0.05) is 21.3 Å². The molecule has 0 atom stereocenters. The molecule has 0 aromatic heterocycles. The summed E-state index contributed by atoms with van der Waals surface area (Å²) in [5, 5.41) is 6.64. The molecule has 1 heterocycles. The van der Waals surface area contributed by atoms with Crippen LogP contribution in [0.5, 0.6) is 0 Å². The maximum Gasteiger partial charge on any atom is 0.283 e. The molecule has 9 heteroatoms. The van der Waals surface area contributed by atoms with Crippen LogP contribution in [0.4, 0.5) is 17.1 Å². The Morgan fingerprint density at radius 3 is 2.25 bits per heavy atom. The monoisotopic (exact) mass is 587 g/mol. The van der Waals surface area contributed by atoms with E-state index in [4.69, 9.17) is 23.2 Å². The van der Waals surface area contributed by atoms with Crippen LogP contribution in [-0.4, -0.2) is 17.7 Å². The average molecular weight is 589 g/mol.